The van der Waals surface area contributed by atoms with E-state index < -0.39 is 0 Å². The van der Waals surface area contributed by atoms with Gasteiger partial charge in [0.1, 0.15) is 5.82 Å². The van der Waals surface area contributed by atoms with E-state index in [2.05, 4.69) is 33.0 Å². The molecule has 0 bridgehead atoms. The van der Waals surface area contributed by atoms with E-state index in [9.17, 15) is 4.39 Å². The average Bonchev–Trinajstić information content (AvgIpc) is 2.33. The van der Waals surface area contributed by atoms with Crippen LogP contribution in [0.15, 0.2) is 18.2 Å². The summed E-state index contributed by atoms with van der Waals surface area (Å²) in [6.45, 7) is 10.9. The van der Waals surface area contributed by atoms with Gasteiger partial charge in [-0.05, 0) is 48.4 Å². The van der Waals surface area contributed by atoms with E-state index in [4.69, 9.17) is 11.6 Å². The van der Waals surface area contributed by atoms with E-state index >= 15 is 0 Å². The molecule has 0 spiro atoms. The Hall–Kier alpha value is -0.600. The molecule has 0 amide bonds. The molecular formula is C17H27ClFN. The van der Waals surface area contributed by atoms with Gasteiger partial charge in [-0.15, -0.1) is 0 Å². The van der Waals surface area contributed by atoms with Crippen LogP contribution in [-0.2, 0) is 6.42 Å². The Morgan fingerprint density at radius 2 is 2.05 bits per heavy atom. The monoisotopic (exact) mass is 299 g/mol. The van der Waals surface area contributed by atoms with Gasteiger partial charge >= 0.3 is 0 Å². The van der Waals surface area contributed by atoms with E-state index in [1.165, 1.54) is 12.1 Å². The van der Waals surface area contributed by atoms with Crippen LogP contribution in [0.1, 0.15) is 46.1 Å². The van der Waals surface area contributed by atoms with Crippen molar-refractivity contribution in [3.8, 4) is 0 Å². The molecule has 20 heavy (non-hydrogen) atoms. The van der Waals surface area contributed by atoms with Crippen LogP contribution in [0.5, 0.6) is 0 Å². The van der Waals surface area contributed by atoms with Crippen molar-refractivity contribution in [1.82, 2.24) is 5.32 Å². The van der Waals surface area contributed by atoms with Gasteiger partial charge in [0.25, 0.3) is 0 Å². The van der Waals surface area contributed by atoms with Crippen LogP contribution in [-0.4, -0.2) is 13.1 Å². The molecule has 0 aromatic heterocycles. The SMILES string of the molecule is CCCC(C)(CNCC(C)C)Cc1ccc(F)cc1Cl. The summed E-state index contributed by atoms with van der Waals surface area (Å²) in [6.07, 6.45) is 3.15. The molecule has 0 saturated carbocycles. The van der Waals surface area contributed by atoms with Crippen LogP contribution >= 0.6 is 11.6 Å². The largest absolute Gasteiger partial charge is 0.316 e. The lowest BCUT2D eigenvalue weighted by Gasteiger charge is -2.31. The van der Waals surface area contributed by atoms with Gasteiger partial charge in [0.05, 0.1) is 0 Å². The summed E-state index contributed by atoms with van der Waals surface area (Å²) in [5.41, 5.74) is 1.20. The first-order chi connectivity index (χ1) is 9.36. The molecule has 0 fully saturated rings. The van der Waals surface area contributed by atoms with Crippen LogP contribution in [0.3, 0.4) is 0 Å². The van der Waals surface area contributed by atoms with Crippen molar-refractivity contribution in [2.45, 2.75) is 47.0 Å². The Morgan fingerprint density at radius 3 is 2.60 bits per heavy atom. The summed E-state index contributed by atoms with van der Waals surface area (Å²) in [5.74, 6) is 0.379. The topological polar surface area (TPSA) is 12.0 Å². The number of benzene rings is 1. The quantitative estimate of drug-likeness (QED) is 0.706. The summed E-state index contributed by atoms with van der Waals surface area (Å²) in [4.78, 5) is 0. The fourth-order valence-electron chi connectivity index (χ4n) is 2.63. The van der Waals surface area contributed by atoms with Crippen molar-refractivity contribution in [3.05, 3.63) is 34.6 Å². The Bertz CT molecular complexity index is 419. The average molecular weight is 300 g/mol. The second-order valence-electron chi connectivity index (χ2n) is 6.50. The van der Waals surface area contributed by atoms with Crippen molar-refractivity contribution < 1.29 is 4.39 Å². The van der Waals surface area contributed by atoms with Gasteiger partial charge in [-0.1, -0.05) is 51.8 Å². The third kappa shape index (κ3) is 5.80. The van der Waals surface area contributed by atoms with Gasteiger partial charge in [0.2, 0.25) is 0 Å². The molecule has 0 aliphatic carbocycles. The maximum Gasteiger partial charge on any atom is 0.124 e. The fourth-order valence-corrected chi connectivity index (χ4v) is 2.86. The third-order valence-electron chi connectivity index (χ3n) is 3.59. The van der Waals surface area contributed by atoms with Gasteiger partial charge in [-0.3, -0.25) is 0 Å². The van der Waals surface area contributed by atoms with Crippen molar-refractivity contribution >= 4 is 11.6 Å². The van der Waals surface area contributed by atoms with E-state index in [0.29, 0.717) is 10.9 Å². The Labute approximate surface area is 127 Å². The first kappa shape index (κ1) is 17.5. The first-order valence-electron chi connectivity index (χ1n) is 7.51. The summed E-state index contributed by atoms with van der Waals surface area (Å²) in [6, 6.07) is 4.72. The highest BCUT2D eigenvalue weighted by Gasteiger charge is 2.24. The number of hydrogen-bond acceptors (Lipinski definition) is 1. The van der Waals surface area contributed by atoms with Gasteiger partial charge in [0.15, 0.2) is 0 Å². The van der Waals surface area contributed by atoms with Gasteiger partial charge < -0.3 is 5.32 Å². The number of nitrogens with one attached hydrogen (secondary N) is 1. The Morgan fingerprint density at radius 1 is 1.35 bits per heavy atom. The molecule has 0 aliphatic heterocycles. The summed E-state index contributed by atoms with van der Waals surface area (Å²) in [7, 11) is 0. The van der Waals surface area contributed by atoms with Gasteiger partial charge in [0, 0.05) is 11.6 Å². The minimum atomic E-state index is -0.270. The zero-order chi connectivity index (χ0) is 15.2. The standard InChI is InChI=1S/C17H27ClFN/c1-5-8-17(4,12-20-11-13(2)3)10-14-6-7-15(19)9-16(14)18/h6-7,9,13,20H,5,8,10-12H2,1-4H3. The predicted molar refractivity (Wildman–Crippen MR) is 85.8 cm³/mol. The second-order valence-corrected chi connectivity index (χ2v) is 6.91. The van der Waals surface area contributed by atoms with Gasteiger partial charge in [-0.25, -0.2) is 4.39 Å². The highest BCUT2D eigenvalue weighted by atomic mass is 35.5. The molecule has 0 radical (unpaired) electrons. The molecule has 0 saturated heterocycles. The molecule has 1 nitrogen and oxygen atoms in total. The summed E-state index contributed by atoms with van der Waals surface area (Å²) >= 11 is 6.16. The third-order valence-corrected chi connectivity index (χ3v) is 3.94. The zero-order valence-electron chi connectivity index (χ0n) is 13.1. The Balaban J connectivity index is 2.73. The maximum atomic E-state index is 13.1. The van der Waals surface area contributed by atoms with Crippen LogP contribution < -0.4 is 5.32 Å². The van der Waals surface area contributed by atoms with Crippen molar-refractivity contribution in [2.75, 3.05) is 13.1 Å². The molecule has 1 aromatic rings. The maximum absolute atomic E-state index is 13.1. The van der Waals surface area contributed by atoms with Crippen molar-refractivity contribution in [2.24, 2.45) is 11.3 Å². The van der Waals surface area contributed by atoms with E-state index in [1.54, 1.807) is 0 Å². The lowest BCUT2D eigenvalue weighted by atomic mass is 9.79. The van der Waals surface area contributed by atoms with Crippen LogP contribution in [0, 0.1) is 17.2 Å². The van der Waals surface area contributed by atoms with Crippen LogP contribution in [0.2, 0.25) is 5.02 Å². The zero-order valence-corrected chi connectivity index (χ0v) is 13.9. The molecule has 114 valence electrons. The molecule has 1 atom stereocenters. The van der Waals surface area contributed by atoms with Crippen molar-refractivity contribution in [1.29, 1.82) is 0 Å². The molecule has 3 heteroatoms. The van der Waals surface area contributed by atoms with E-state index in [-0.39, 0.29) is 11.2 Å². The van der Waals surface area contributed by atoms with Crippen LogP contribution in [0.25, 0.3) is 0 Å². The highest BCUT2D eigenvalue weighted by molar-refractivity contribution is 6.31. The first-order valence-corrected chi connectivity index (χ1v) is 7.89. The van der Waals surface area contributed by atoms with Gasteiger partial charge in [-0.2, -0.15) is 0 Å². The molecule has 1 N–H and O–H groups in total. The second kappa shape index (κ2) is 7.99. The molecular weight excluding hydrogens is 273 g/mol. The predicted octanol–water partition coefficient (Wildman–Crippen LogP) is 5.07. The molecule has 0 heterocycles. The molecule has 1 aromatic carbocycles. The Kier molecular flexibility index (Phi) is 6.97. The molecule has 1 rings (SSSR count). The smallest absolute Gasteiger partial charge is 0.124 e. The number of hydrogen-bond donors (Lipinski definition) is 1. The number of halogens is 2. The highest BCUT2D eigenvalue weighted by Crippen LogP contribution is 2.31. The molecule has 1 unspecified atom stereocenters. The lowest BCUT2D eigenvalue weighted by molar-refractivity contribution is 0.271. The van der Waals surface area contributed by atoms with Crippen LogP contribution in [0.4, 0.5) is 4.39 Å². The minimum Gasteiger partial charge on any atom is -0.316 e. The summed E-state index contributed by atoms with van der Waals surface area (Å²) < 4.78 is 13.1. The number of rotatable bonds is 8. The normalized spacial score (nSPS) is 14.6. The lowest BCUT2D eigenvalue weighted by Crippen LogP contribution is -2.35. The van der Waals surface area contributed by atoms with E-state index in [0.717, 1.165) is 37.9 Å². The van der Waals surface area contributed by atoms with Crippen molar-refractivity contribution in [3.63, 3.8) is 0 Å². The summed E-state index contributed by atoms with van der Waals surface area (Å²) in [5, 5.41) is 4.08. The molecule has 0 aliphatic rings. The fraction of sp³-hybridized carbons (Fsp3) is 0.647. The van der Waals surface area contributed by atoms with E-state index in [1.807, 2.05) is 6.07 Å². The minimum absolute atomic E-state index is 0.158.